The molecule has 0 aromatic carbocycles. The van der Waals surface area contributed by atoms with Crippen molar-refractivity contribution >= 4 is 12.6 Å². The second-order valence-electron chi connectivity index (χ2n) is 1.02. The van der Waals surface area contributed by atoms with Crippen LogP contribution in [0.5, 0.6) is 0 Å². The molecule has 36 valence electrons. The van der Waals surface area contributed by atoms with Crippen molar-refractivity contribution in [3.8, 4) is 0 Å². The molecule has 0 aliphatic rings. The van der Waals surface area contributed by atoms with Crippen LogP contribution < -0.4 is 5.73 Å². The normalized spacial score (nSPS) is 12.0. The highest BCUT2D eigenvalue weighted by molar-refractivity contribution is 7.80. The highest BCUT2D eigenvalue weighted by atomic mass is 32.1. The van der Waals surface area contributed by atoms with Crippen molar-refractivity contribution in [3.05, 3.63) is 11.8 Å². The van der Waals surface area contributed by atoms with Gasteiger partial charge >= 0.3 is 0 Å². The fraction of sp³-hybridized carbons (Fsp3) is 0.500. The van der Waals surface area contributed by atoms with Gasteiger partial charge in [0.25, 0.3) is 0 Å². The Hall–Kier alpha value is -0.110. The summed E-state index contributed by atoms with van der Waals surface area (Å²) in [4.78, 5) is 0. The lowest BCUT2D eigenvalue weighted by atomic mass is 10.5. The molecule has 0 fully saturated rings. The number of hydrogen-bond donors (Lipinski definition) is 2. The zero-order chi connectivity index (χ0) is 4.99. The Morgan fingerprint density at radius 2 is 2.50 bits per heavy atom. The van der Waals surface area contributed by atoms with E-state index >= 15 is 0 Å². The summed E-state index contributed by atoms with van der Waals surface area (Å²) in [6.07, 6.45) is 1.84. The fourth-order valence-corrected chi connectivity index (χ4v) is 0.274. The minimum Gasteiger partial charge on any atom is -0.402 e. The average molecular weight is 103 g/mol. The molecule has 0 radical (unpaired) electrons. The maximum Gasteiger partial charge on any atom is 0.0297 e. The molecule has 2 N–H and O–H groups in total. The van der Waals surface area contributed by atoms with Gasteiger partial charge in [-0.1, -0.05) is 6.08 Å². The molecular formula is C4H9NS. The van der Waals surface area contributed by atoms with Crippen LogP contribution in [-0.4, -0.2) is 5.75 Å². The van der Waals surface area contributed by atoms with Gasteiger partial charge in [0, 0.05) is 11.4 Å². The molecule has 0 aliphatic heterocycles. The van der Waals surface area contributed by atoms with Crippen molar-refractivity contribution < 1.29 is 0 Å². The number of nitrogens with two attached hydrogens (primary N) is 1. The first-order chi connectivity index (χ1) is 2.81. The van der Waals surface area contributed by atoms with Crippen LogP contribution in [0.2, 0.25) is 0 Å². The minimum atomic E-state index is 0.663. The topological polar surface area (TPSA) is 26.0 Å². The van der Waals surface area contributed by atoms with Gasteiger partial charge in [-0.25, -0.2) is 0 Å². The van der Waals surface area contributed by atoms with Gasteiger partial charge in [-0.05, 0) is 6.92 Å². The zero-order valence-electron chi connectivity index (χ0n) is 3.81. The summed E-state index contributed by atoms with van der Waals surface area (Å²) in [5.74, 6) is 0.663. The Balaban J connectivity index is 3.22. The van der Waals surface area contributed by atoms with Crippen LogP contribution in [0, 0.1) is 0 Å². The molecule has 0 bridgehead atoms. The van der Waals surface area contributed by atoms with E-state index in [2.05, 4.69) is 12.6 Å². The smallest absolute Gasteiger partial charge is 0.0297 e. The van der Waals surface area contributed by atoms with E-state index in [0.29, 0.717) is 5.75 Å². The molecule has 0 amide bonds. The highest BCUT2D eigenvalue weighted by Crippen LogP contribution is 1.83. The lowest BCUT2D eigenvalue weighted by Gasteiger charge is -1.85. The predicted molar refractivity (Wildman–Crippen MR) is 31.8 cm³/mol. The molecule has 0 saturated heterocycles. The Morgan fingerprint density at radius 3 is 2.50 bits per heavy atom. The van der Waals surface area contributed by atoms with Crippen molar-refractivity contribution in [2.45, 2.75) is 6.92 Å². The molecule has 1 nitrogen and oxygen atoms in total. The lowest BCUT2D eigenvalue weighted by molar-refractivity contribution is 1.31. The van der Waals surface area contributed by atoms with E-state index in [4.69, 9.17) is 5.73 Å². The van der Waals surface area contributed by atoms with E-state index in [9.17, 15) is 0 Å². The Kier molecular flexibility index (Phi) is 3.04. The highest BCUT2D eigenvalue weighted by Gasteiger charge is 1.74. The summed E-state index contributed by atoms with van der Waals surface area (Å²) in [6.45, 7) is 1.89. The van der Waals surface area contributed by atoms with Crippen molar-refractivity contribution in [1.29, 1.82) is 0 Å². The van der Waals surface area contributed by atoms with E-state index in [1.165, 1.54) is 0 Å². The molecule has 0 atom stereocenters. The van der Waals surface area contributed by atoms with E-state index in [1.807, 2.05) is 13.0 Å². The molecule has 0 aromatic rings. The summed E-state index contributed by atoms with van der Waals surface area (Å²) < 4.78 is 0. The maximum absolute atomic E-state index is 5.26. The Morgan fingerprint density at radius 1 is 2.00 bits per heavy atom. The largest absolute Gasteiger partial charge is 0.402 e. The van der Waals surface area contributed by atoms with Gasteiger partial charge in [0.2, 0.25) is 0 Å². The Labute approximate surface area is 43.6 Å². The van der Waals surface area contributed by atoms with Gasteiger partial charge in [0.15, 0.2) is 0 Å². The summed E-state index contributed by atoms with van der Waals surface area (Å²) in [7, 11) is 0. The molecule has 0 heterocycles. The third kappa shape index (κ3) is 2.15. The van der Waals surface area contributed by atoms with Gasteiger partial charge in [-0.2, -0.15) is 12.6 Å². The van der Waals surface area contributed by atoms with Crippen LogP contribution in [0.25, 0.3) is 0 Å². The van der Waals surface area contributed by atoms with Crippen LogP contribution in [-0.2, 0) is 0 Å². The lowest BCUT2D eigenvalue weighted by Crippen LogP contribution is -1.95. The standard InChI is InChI=1S/C4H9NS/c1-2-4(5)3-6/h2,6H,3,5H2,1H3. The number of hydrogen-bond acceptors (Lipinski definition) is 2. The van der Waals surface area contributed by atoms with E-state index < -0.39 is 0 Å². The first-order valence-corrected chi connectivity index (χ1v) is 2.46. The first-order valence-electron chi connectivity index (χ1n) is 1.82. The summed E-state index contributed by atoms with van der Waals surface area (Å²) in [5, 5.41) is 0. The average Bonchev–Trinajstić information content (AvgIpc) is 1.65. The van der Waals surface area contributed by atoms with Crippen LogP contribution in [0.1, 0.15) is 6.92 Å². The van der Waals surface area contributed by atoms with Crippen LogP contribution >= 0.6 is 12.6 Å². The van der Waals surface area contributed by atoms with Gasteiger partial charge in [0.05, 0.1) is 0 Å². The molecule has 0 spiro atoms. The summed E-state index contributed by atoms with van der Waals surface area (Å²) in [6, 6.07) is 0. The third-order valence-electron chi connectivity index (χ3n) is 0.553. The number of rotatable bonds is 1. The molecule has 2 heteroatoms. The van der Waals surface area contributed by atoms with Crippen molar-refractivity contribution in [1.82, 2.24) is 0 Å². The molecular weight excluding hydrogens is 94.1 g/mol. The summed E-state index contributed by atoms with van der Waals surface area (Å²) >= 11 is 3.90. The van der Waals surface area contributed by atoms with Gasteiger partial charge < -0.3 is 5.73 Å². The molecule has 6 heavy (non-hydrogen) atoms. The van der Waals surface area contributed by atoms with Crippen molar-refractivity contribution in [2.75, 3.05) is 5.75 Å². The quantitative estimate of drug-likeness (QED) is 0.471. The van der Waals surface area contributed by atoms with Crippen LogP contribution in [0.3, 0.4) is 0 Å². The minimum absolute atomic E-state index is 0.663. The Bertz CT molecular complexity index is 58.6. The van der Waals surface area contributed by atoms with Crippen molar-refractivity contribution in [2.24, 2.45) is 5.73 Å². The zero-order valence-corrected chi connectivity index (χ0v) is 4.70. The van der Waals surface area contributed by atoms with E-state index in [-0.39, 0.29) is 0 Å². The molecule has 0 rings (SSSR count). The van der Waals surface area contributed by atoms with Crippen LogP contribution in [0.4, 0.5) is 0 Å². The predicted octanol–water partition coefficient (Wildman–Crippen LogP) is 0.779. The van der Waals surface area contributed by atoms with E-state index in [1.54, 1.807) is 0 Å². The summed E-state index contributed by atoms with van der Waals surface area (Å²) in [5.41, 5.74) is 6.09. The third-order valence-corrected chi connectivity index (χ3v) is 0.919. The number of allylic oxidation sites excluding steroid dienone is 1. The first kappa shape index (κ1) is 5.89. The van der Waals surface area contributed by atoms with Crippen molar-refractivity contribution in [3.63, 3.8) is 0 Å². The van der Waals surface area contributed by atoms with Gasteiger partial charge in [-0.15, -0.1) is 0 Å². The molecule has 0 aliphatic carbocycles. The maximum atomic E-state index is 5.26. The molecule has 0 unspecified atom stereocenters. The molecule has 0 saturated carbocycles. The SMILES string of the molecule is CC=C(N)CS. The van der Waals surface area contributed by atoms with E-state index in [0.717, 1.165) is 5.70 Å². The monoisotopic (exact) mass is 103 g/mol. The fourth-order valence-electron chi connectivity index (χ4n) is 0.0913. The second kappa shape index (κ2) is 3.09. The second-order valence-corrected chi connectivity index (χ2v) is 1.34. The number of thiol groups is 1. The molecule has 0 aromatic heterocycles. The van der Waals surface area contributed by atoms with Gasteiger partial charge in [0.1, 0.15) is 0 Å². The van der Waals surface area contributed by atoms with Gasteiger partial charge in [-0.3, -0.25) is 0 Å². The van der Waals surface area contributed by atoms with Crippen LogP contribution in [0.15, 0.2) is 11.8 Å².